The highest BCUT2D eigenvalue weighted by Gasteiger charge is 2.27. The monoisotopic (exact) mass is 340 g/mol. The predicted molar refractivity (Wildman–Crippen MR) is 95.5 cm³/mol. The van der Waals surface area contributed by atoms with Crippen molar-refractivity contribution in [2.45, 2.75) is 19.4 Å². The molecule has 122 valence electrons. The Bertz CT molecular complexity index is 842. The van der Waals surface area contributed by atoms with Crippen molar-refractivity contribution in [3.63, 3.8) is 0 Å². The van der Waals surface area contributed by atoms with Gasteiger partial charge in [-0.05, 0) is 42.3 Å². The molecule has 2 aromatic rings. The van der Waals surface area contributed by atoms with E-state index in [2.05, 4.69) is 20.8 Å². The number of amidine groups is 1. The van der Waals surface area contributed by atoms with Crippen LogP contribution in [-0.2, 0) is 11.3 Å². The van der Waals surface area contributed by atoms with Crippen molar-refractivity contribution in [2.75, 3.05) is 11.1 Å². The maximum Gasteiger partial charge on any atom is 0.231 e. The average molecular weight is 340 g/mol. The summed E-state index contributed by atoms with van der Waals surface area (Å²) in [5.74, 6) is 1.49. The predicted octanol–water partition coefficient (Wildman–Crippen LogP) is 2.93. The van der Waals surface area contributed by atoms with Gasteiger partial charge in [-0.2, -0.15) is 5.10 Å². The van der Waals surface area contributed by atoms with Crippen LogP contribution in [0.2, 0.25) is 0 Å². The van der Waals surface area contributed by atoms with E-state index >= 15 is 0 Å². The number of benzene rings is 1. The van der Waals surface area contributed by atoms with Crippen LogP contribution in [0.3, 0.4) is 0 Å². The third-order valence-electron chi connectivity index (χ3n) is 4.09. The molecule has 0 bridgehead atoms. The lowest BCUT2D eigenvalue weighted by Gasteiger charge is -2.15. The van der Waals surface area contributed by atoms with E-state index in [1.807, 2.05) is 37.3 Å². The number of carbonyl (C=O) groups excluding carboxylic acids is 1. The largest absolute Gasteiger partial charge is 0.467 e. The van der Waals surface area contributed by atoms with Crippen molar-refractivity contribution >= 4 is 34.2 Å². The third-order valence-corrected chi connectivity index (χ3v) is 5.00. The summed E-state index contributed by atoms with van der Waals surface area (Å²) in [4.78, 5) is 16.2. The Labute approximate surface area is 143 Å². The highest BCUT2D eigenvalue weighted by atomic mass is 32.2. The normalized spacial score (nSPS) is 21.2. The van der Waals surface area contributed by atoms with Gasteiger partial charge in [-0.25, -0.2) is 0 Å². The molecule has 2 N–H and O–H groups in total. The van der Waals surface area contributed by atoms with Crippen molar-refractivity contribution in [3.05, 3.63) is 53.5 Å². The van der Waals surface area contributed by atoms with Gasteiger partial charge >= 0.3 is 0 Å². The Morgan fingerprint density at radius 3 is 3.08 bits per heavy atom. The van der Waals surface area contributed by atoms with Gasteiger partial charge in [-0.15, -0.1) is 0 Å². The molecule has 4 rings (SSSR count). The first-order valence-corrected chi connectivity index (χ1v) is 8.66. The lowest BCUT2D eigenvalue weighted by Crippen LogP contribution is -2.25. The second-order valence-corrected chi connectivity index (χ2v) is 6.64. The molecule has 0 saturated heterocycles. The molecule has 3 heterocycles. The second kappa shape index (κ2) is 6.16. The molecule has 1 unspecified atom stereocenters. The maximum atomic E-state index is 11.7. The molecular weight excluding hydrogens is 324 g/mol. The Balaban J connectivity index is 1.49. The number of nitrogens with one attached hydrogen (secondary N) is 2. The summed E-state index contributed by atoms with van der Waals surface area (Å²) in [5, 5.41) is 8.10. The topological polar surface area (TPSA) is 79.0 Å². The van der Waals surface area contributed by atoms with Crippen LogP contribution in [-0.4, -0.2) is 22.5 Å². The molecule has 1 atom stereocenters. The number of carbonyl (C=O) groups is 1. The van der Waals surface area contributed by atoms with E-state index in [0.717, 1.165) is 39.2 Å². The summed E-state index contributed by atoms with van der Waals surface area (Å²) in [6.07, 6.45) is 1.64. The zero-order valence-electron chi connectivity index (χ0n) is 13.1. The molecule has 1 aromatic carbocycles. The van der Waals surface area contributed by atoms with Crippen LogP contribution in [0.25, 0.3) is 0 Å². The van der Waals surface area contributed by atoms with Crippen molar-refractivity contribution in [3.8, 4) is 0 Å². The summed E-state index contributed by atoms with van der Waals surface area (Å²) in [6.45, 7) is 2.41. The standard InChI is InChI=1S/C17H16N4O2S/c1-10-13-7-11(4-5-14(13)19-16(10)22)15-9-24-17(21-20-15)18-8-12-3-2-6-23-12/h2-7,10H,8-9H2,1H3,(H,18,21)(H,19,22). The van der Waals surface area contributed by atoms with Crippen LogP contribution in [0.15, 0.2) is 51.1 Å². The molecule has 0 aliphatic carbocycles. The number of amides is 1. The first-order valence-electron chi connectivity index (χ1n) is 7.68. The molecule has 0 fully saturated rings. The quantitative estimate of drug-likeness (QED) is 0.900. The number of nitrogens with zero attached hydrogens (tertiary/aromatic N) is 2. The van der Waals surface area contributed by atoms with Gasteiger partial charge in [0, 0.05) is 11.4 Å². The van der Waals surface area contributed by atoms with Crippen LogP contribution in [0.5, 0.6) is 0 Å². The van der Waals surface area contributed by atoms with Gasteiger partial charge in [0.15, 0.2) is 5.17 Å². The average Bonchev–Trinajstić information content (AvgIpc) is 3.22. The Hall–Kier alpha value is -2.54. The minimum absolute atomic E-state index is 0.0487. The van der Waals surface area contributed by atoms with Crippen molar-refractivity contribution in [1.29, 1.82) is 0 Å². The first kappa shape index (κ1) is 15.0. The van der Waals surface area contributed by atoms with Crippen LogP contribution >= 0.6 is 11.8 Å². The van der Waals surface area contributed by atoms with Gasteiger partial charge in [0.25, 0.3) is 0 Å². The van der Waals surface area contributed by atoms with E-state index in [1.54, 1.807) is 18.0 Å². The van der Waals surface area contributed by atoms with Crippen molar-refractivity contribution in [2.24, 2.45) is 10.1 Å². The minimum Gasteiger partial charge on any atom is -0.467 e. The number of furan rings is 1. The van der Waals surface area contributed by atoms with Gasteiger partial charge in [-0.1, -0.05) is 17.8 Å². The molecular formula is C17H16N4O2S. The number of thioether (sulfide) groups is 1. The van der Waals surface area contributed by atoms with E-state index < -0.39 is 0 Å². The fraction of sp³-hybridized carbons (Fsp3) is 0.235. The Morgan fingerprint density at radius 2 is 2.33 bits per heavy atom. The number of hydrogen-bond donors (Lipinski definition) is 2. The summed E-state index contributed by atoms with van der Waals surface area (Å²) in [7, 11) is 0. The second-order valence-electron chi connectivity index (χ2n) is 5.67. The molecule has 24 heavy (non-hydrogen) atoms. The van der Waals surface area contributed by atoms with Crippen LogP contribution < -0.4 is 10.7 Å². The number of hydrogen-bond acceptors (Lipinski definition) is 5. The number of hydrazone groups is 1. The summed E-state index contributed by atoms with van der Waals surface area (Å²) in [5.41, 5.74) is 6.90. The van der Waals surface area contributed by atoms with E-state index in [0.29, 0.717) is 6.54 Å². The van der Waals surface area contributed by atoms with Crippen molar-refractivity contribution in [1.82, 2.24) is 5.43 Å². The van der Waals surface area contributed by atoms with Crippen LogP contribution in [0.4, 0.5) is 5.69 Å². The minimum atomic E-state index is -0.116. The van der Waals surface area contributed by atoms with Gasteiger partial charge in [0.2, 0.25) is 5.91 Å². The first-order chi connectivity index (χ1) is 11.7. The molecule has 1 aromatic heterocycles. The molecule has 2 aliphatic heterocycles. The molecule has 0 saturated carbocycles. The number of aliphatic imine (C=N–C) groups is 1. The molecule has 1 amide bonds. The molecule has 2 aliphatic rings. The Kier molecular flexibility index (Phi) is 3.86. The lowest BCUT2D eigenvalue weighted by molar-refractivity contribution is -0.116. The Morgan fingerprint density at radius 1 is 1.42 bits per heavy atom. The lowest BCUT2D eigenvalue weighted by atomic mass is 9.99. The molecule has 0 radical (unpaired) electrons. The van der Waals surface area contributed by atoms with Crippen LogP contribution in [0.1, 0.15) is 29.7 Å². The fourth-order valence-electron chi connectivity index (χ4n) is 2.69. The SMILES string of the molecule is CC1C(=O)Nc2ccc(C3=NNC(=NCc4ccco4)SC3)cc21. The highest BCUT2D eigenvalue weighted by Crippen LogP contribution is 2.33. The summed E-state index contributed by atoms with van der Waals surface area (Å²) < 4.78 is 5.26. The van der Waals surface area contributed by atoms with Crippen LogP contribution in [0, 0.1) is 0 Å². The van der Waals surface area contributed by atoms with E-state index in [9.17, 15) is 4.79 Å². The summed E-state index contributed by atoms with van der Waals surface area (Å²) >= 11 is 1.61. The van der Waals surface area contributed by atoms with Gasteiger partial charge in [0.05, 0.1) is 24.4 Å². The zero-order valence-corrected chi connectivity index (χ0v) is 13.9. The van der Waals surface area contributed by atoms with Crippen molar-refractivity contribution < 1.29 is 9.21 Å². The molecule has 7 heteroatoms. The number of anilines is 1. The zero-order chi connectivity index (χ0) is 16.5. The number of fused-ring (bicyclic) bond motifs is 1. The maximum absolute atomic E-state index is 11.7. The molecule has 6 nitrogen and oxygen atoms in total. The number of rotatable bonds is 3. The third kappa shape index (κ3) is 2.82. The van der Waals surface area contributed by atoms with E-state index in [1.165, 1.54) is 0 Å². The highest BCUT2D eigenvalue weighted by molar-refractivity contribution is 8.14. The fourth-order valence-corrected chi connectivity index (χ4v) is 3.46. The summed E-state index contributed by atoms with van der Waals surface area (Å²) in [6, 6.07) is 9.72. The van der Waals surface area contributed by atoms with Gasteiger partial charge in [0.1, 0.15) is 5.76 Å². The van der Waals surface area contributed by atoms with Gasteiger partial charge in [-0.3, -0.25) is 15.2 Å². The van der Waals surface area contributed by atoms with E-state index in [-0.39, 0.29) is 11.8 Å². The van der Waals surface area contributed by atoms with E-state index in [4.69, 9.17) is 4.42 Å². The smallest absolute Gasteiger partial charge is 0.231 e. The van der Waals surface area contributed by atoms with Gasteiger partial charge < -0.3 is 9.73 Å². The molecule has 0 spiro atoms.